The van der Waals surface area contributed by atoms with Crippen molar-refractivity contribution in [3.63, 3.8) is 0 Å². The highest BCUT2D eigenvalue weighted by atomic mass is 19.1. The van der Waals surface area contributed by atoms with Crippen molar-refractivity contribution in [3.05, 3.63) is 41.5 Å². The first-order valence-corrected chi connectivity index (χ1v) is 6.31. The summed E-state index contributed by atoms with van der Waals surface area (Å²) in [6.45, 7) is 0.163. The zero-order chi connectivity index (χ0) is 15.5. The van der Waals surface area contributed by atoms with Gasteiger partial charge in [0, 0.05) is 11.8 Å². The Labute approximate surface area is 123 Å². The Morgan fingerprint density at radius 2 is 2.27 bits per heavy atom. The van der Waals surface area contributed by atoms with Gasteiger partial charge in [-0.05, 0) is 18.2 Å². The van der Waals surface area contributed by atoms with Gasteiger partial charge in [-0.15, -0.1) is 0 Å². The van der Waals surface area contributed by atoms with Crippen molar-refractivity contribution in [1.29, 1.82) is 0 Å². The van der Waals surface area contributed by atoms with Crippen LogP contribution in [-0.2, 0) is 6.54 Å². The fourth-order valence-electron chi connectivity index (χ4n) is 1.89. The zero-order valence-corrected chi connectivity index (χ0v) is 11.5. The maximum Gasteiger partial charge on any atom is 0.316 e. The van der Waals surface area contributed by atoms with Crippen LogP contribution in [0.1, 0.15) is 16.1 Å². The van der Waals surface area contributed by atoms with Crippen LogP contribution >= 0.6 is 0 Å². The van der Waals surface area contributed by atoms with Crippen LogP contribution in [-0.4, -0.2) is 38.4 Å². The number of amides is 1. The molecule has 0 unspecified atom stereocenters. The number of halogens is 1. The molecular formula is C13H11FN6O2. The number of hydrogen-bond donors (Lipinski definition) is 2. The summed E-state index contributed by atoms with van der Waals surface area (Å²) in [4.78, 5) is 20.0. The van der Waals surface area contributed by atoms with E-state index in [0.717, 1.165) is 6.07 Å². The number of hydrogen-bond acceptors (Lipinski definition) is 6. The number of ether oxygens (including phenoxy) is 1. The van der Waals surface area contributed by atoms with Crippen molar-refractivity contribution in [3.8, 4) is 6.01 Å². The van der Waals surface area contributed by atoms with Crippen LogP contribution in [0.2, 0.25) is 0 Å². The predicted molar refractivity (Wildman–Crippen MR) is 73.6 cm³/mol. The van der Waals surface area contributed by atoms with Gasteiger partial charge in [-0.25, -0.2) is 9.37 Å². The van der Waals surface area contributed by atoms with E-state index in [9.17, 15) is 9.18 Å². The van der Waals surface area contributed by atoms with E-state index in [1.807, 2.05) is 0 Å². The largest absolute Gasteiger partial charge is 0.467 e. The number of carbonyl (C=O) groups is 1. The van der Waals surface area contributed by atoms with Crippen molar-refractivity contribution >= 4 is 16.9 Å². The number of carbonyl (C=O) groups excluding carboxylic acids is 1. The number of benzene rings is 1. The second-order valence-electron chi connectivity index (χ2n) is 4.37. The molecule has 0 saturated heterocycles. The smallest absolute Gasteiger partial charge is 0.316 e. The third kappa shape index (κ3) is 2.68. The highest BCUT2D eigenvalue weighted by molar-refractivity contribution is 5.97. The molecule has 0 fully saturated rings. The number of rotatable bonds is 4. The molecule has 9 heteroatoms. The molecule has 2 heterocycles. The topological polar surface area (TPSA) is 106 Å². The van der Waals surface area contributed by atoms with E-state index in [4.69, 9.17) is 4.74 Å². The number of nitrogens with zero attached hydrogens (tertiary/aromatic N) is 4. The summed E-state index contributed by atoms with van der Waals surface area (Å²) in [5, 5.41) is 12.4. The third-order valence-electron chi connectivity index (χ3n) is 2.94. The van der Waals surface area contributed by atoms with Gasteiger partial charge in [0.2, 0.25) is 0 Å². The SMILES string of the molecule is COc1nccc(CNC(=O)c2cc(F)c3n[nH]nc3c2)n1. The lowest BCUT2D eigenvalue weighted by Crippen LogP contribution is -2.23. The van der Waals surface area contributed by atoms with E-state index >= 15 is 0 Å². The summed E-state index contributed by atoms with van der Waals surface area (Å²) in [7, 11) is 1.45. The molecule has 0 bridgehead atoms. The summed E-state index contributed by atoms with van der Waals surface area (Å²) < 4.78 is 18.7. The first-order chi connectivity index (χ1) is 10.7. The standard InChI is InChI=1S/C13H11FN6O2/c1-22-13-15-3-2-8(17-13)6-16-12(21)7-4-9(14)11-10(5-7)18-20-19-11/h2-5H,6H2,1H3,(H,16,21)(H,18,19,20). The molecule has 2 aromatic heterocycles. The van der Waals surface area contributed by atoms with Crippen molar-refractivity contribution in [2.45, 2.75) is 6.54 Å². The maximum atomic E-state index is 13.8. The number of methoxy groups -OCH3 is 1. The van der Waals surface area contributed by atoms with E-state index in [1.165, 1.54) is 19.4 Å². The fourth-order valence-corrected chi connectivity index (χ4v) is 1.89. The molecule has 3 aromatic rings. The highest BCUT2D eigenvalue weighted by Gasteiger charge is 2.13. The lowest BCUT2D eigenvalue weighted by molar-refractivity contribution is 0.0950. The number of aromatic nitrogens is 5. The summed E-state index contributed by atoms with van der Waals surface area (Å²) in [6.07, 6.45) is 1.52. The molecule has 0 aliphatic heterocycles. The van der Waals surface area contributed by atoms with E-state index in [0.29, 0.717) is 5.69 Å². The van der Waals surface area contributed by atoms with Crippen LogP contribution in [0.4, 0.5) is 4.39 Å². The molecule has 1 amide bonds. The molecule has 3 rings (SSSR count). The van der Waals surface area contributed by atoms with Gasteiger partial charge >= 0.3 is 6.01 Å². The molecule has 2 N–H and O–H groups in total. The van der Waals surface area contributed by atoms with Crippen LogP contribution < -0.4 is 10.1 Å². The van der Waals surface area contributed by atoms with Crippen LogP contribution in [0.15, 0.2) is 24.4 Å². The highest BCUT2D eigenvalue weighted by Crippen LogP contribution is 2.15. The number of aromatic amines is 1. The lowest BCUT2D eigenvalue weighted by Gasteiger charge is -2.06. The minimum absolute atomic E-state index is 0.0945. The van der Waals surface area contributed by atoms with Gasteiger partial charge in [0.25, 0.3) is 5.91 Å². The van der Waals surface area contributed by atoms with E-state index < -0.39 is 11.7 Å². The molecule has 1 aromatic carbocycles. The van der Waals surface area contributed by atoms with E-state index in [2.05, 4.69) is 30.7 Å². The second-order valence-corrected chi connectivity index (χ2v) is 4.37. The monoisotopic (exact) mass is 302 g/mol. The first kappa shape index (κ1) is 13.9. The van der Waals surface area contributed by atoms with Crippen molar-refractivity contribution in [2.75, 3.05) is 7.11 Å². The van der Waals surface area contributed by atoms with Crippen LogP contribution in [0, 0.1) is 5.82 Å². The Morgan fingerprint density at radius 3 is 3.09 bits per heavy atom. The number of fused-ring (bicyclic) bond motifs is 1. The Hall–Kier alpha value is -3.10. The summed E-state index contributed by atoms with van der Waals surface area (Å²) in [5.74, 6) is -1.05. The second kappa shape index (κ2) is 5.72. The maximum absolute atomic E-state index is 13.8. The molecule has 0 aliphatic carbocycles. The molecule has 0 radical (unpaired) electrons. The molecule has 8 nitrogen and oxygen atoms in total. The minimum atomic E-state index is -0.611. The quantitative estimate of drug-likeness (QED) is 0.739. The van der Waals surface area contributed by atoms with Gasteiger partial charge in [0.05, 0.1) is 19.3 Å². The zero-order valence-electron chi connectivity index (χ0n) is 11.5. The predicted octanol–water partition coefficient (Wildman–Crippen LogP) is 0.826. The Morgan fingerprint density at radius 1 is 1.41 bits per heavy atom. The van der Waals surface area contributed by atoms with E-state index in [1.54, 1.807) is 6.07 Å². The van der Waals surface area contributed by atoms with Gasteiger partial charge in [-0.2, -0.15) is 20.4 Å². The van der Waals surface area contributed by atoms with Crippen molar-refractivity contribution in [1.82, 2.24) is 30.7 Å². The van der Waals surface area contributed by atoms with Gasteiger partial charge in [-0.1, -0.05) is 0 Å². The minimum Gasteiger partial charge on any atom is -0.467 e. The molecular weight excluding hydrogens is 291 g/mol. The third-order valence-corrected chi connectivity index (χ3v) is 2.94. The molecule has 0 saturated carbocycles. The van der Waals surface area contributed by atoms with Crippen LogP contribution in [0.5, 0.6) is 6.01 Å². The van der Waals surface area contributed by atoms with Crippen molar-refractivity contribution in [2.24, 2.45) is 0 Å². The average molecular weight is 302 g/mol. The van der Waals surface area contributed by atoms with Gasteiger partial charge in [0.15, 0.2) is 5.82 Å². The molecule has 0 spiro atoms. The van der Waals surface area contributed by atoms with Gasteiger partial charge in [-0.3, -0.25) is 4.79 Å². The molecule has 0 aliphatic rings. The Balaban J connectivity index is 1.75. The Bertz CT molecular complexity index is 834. The van der Waals surface area contributed by atoms with Crippen molar-refractivity contribution < 1.29 is 13.9 Å². The molecule has 22 heavy (non-hydrogen) atoms. The fraction of sp³-hybridized carbons (Fsp3) is 0.154. The van der Waals surface area contributed by atoms with E-state index in [-0.39, 0.29) is 29.2 Å². The van der Waals surface area contributed by atoms with Crippen LogP contribution in [0.3, 0.4) is 0 Å². The normalized spacial score (nSPS) is 10.6. The molecule has 0 atom stereocenters. The number of nitrogens with one attached hydrogen (secondary N) is 2. The average Bonchev–Trinajstić information content (AvgIpc) is 3.02. The summed E-state index contributed by atoms with van der Waals surface area (Å²) in [6, 6.07) is 4.42. The molecule has 112 valence electrons. The summed E-state index contributed by atoms with van der Waals surface area (Å²) in [5.41, 5.74) is 1.11. The Kier molecular flexibility index (Phi) is 3.60. The lowest BCUT2D eigenvalue weighted by atomic mass is 10.1. The van der Waals surface area contributed by atoms with Gasteiger partial charge < -0.3 is 10.1 Å². The number of H-pyrrole nitrogens is 1. The van der Waals surface area contributed by atoms with Gasteiger partial charge in [0.1, 0.15) is 11.0 Å². The summed E-state index contributed by atoms with van der Waals surface area (Å²) >= 11 is 0. The first-order valence-electron chi connectivity index (χ1n) is 6.31. The van der Waals surface area contributed by atoms with Crippen LogP contribution in [0.25, 0.3) is 11.0 Å².